The number of hydrogen-bond donors (Lipinski definition) is 1. The van der Waals surface area contributed by atoms with Crippen molar-refractivity contribution in [3.05, 3.63) is 88.1 Å². The van der Waals surface area contributed by atoms with Crippen LogP contribution in [0.3, 0.4) is 0 Å². The number of pyridine rings is 1. The number of nitriles is 1. The van der Waals surface area contributed by atoms with Gasteiger partial charge in [0, 0.05) is 56.3 Å². The Morgan fingerprint density at radius 2 is 1.90 bits per heavy atom. The molecule has 2 fully saturated rings. The van der Waals surface area contributed by atoms with Gasteiger partial charge in [-0.2, -0.15) is 5.26 Å². The first-order valence-electron chi connectivity index (χ1n) is 14.1. The highest BCUT2D eigenvalue weighted by atomic mass is 16.5. The molecule has 1 amide bonds. The van der Waals surface area contributed by atoms with Crippen LogP contribution in [0.1, 0.15) is 70.1 Å². The Bertz CT molecular complexity index is 1430. The fourth-order valence-electron chi connectivity index (χ4n) is 6.20. The van der Waals surface area contributed by atoms with Gasteiger partial charge in [0.15, 0.2) is 6.23 Å². The standard InChI is InChI=1S/C32H35N5O3/c1-22-5-7-24(18-28(22)35-30(39-2)25-8-10-29(34-20-25)36-13-3-4-14-36)31(38)37-15-11-32(12-16-37)27-9-6-23(19-33)17-26(27)21-40-32/h5-10,17-18,20,30,35H,3-4,11-16,21H2,1-2H3. The molecule has 4 heterocycles. The molecule has 8 heteroatoms. The first kappa shape index (κ1) is 26.3. The van der Waals surface area contributed by atoms with E-state index in [0.717, 1.165) is 59.7 Å². The maximum atomic E-state index is 13.6. The van der Waals surface area contributed by atoms with E-state index in [1.165, 1.54) is 12.8 Å². The van der Waals surface area contributed by atoms with Gasteiger partial charge < -0.3 is 24.6 Å². The van der Waals surface area contributed by atoms with E-state index in [2.05, 4.69) is 33.4 Å². The second-order valence-electron chi connectivity index (χ2n) is 11.0. The van der Waals surface area contributed by atoms with Crippen LogP contribution in [0.15, 0.2) is 54.7 Å². The van der Waals surface area contributed by atoms with Gasteiger partial charge in [-0.25, -0.2) is 4.98 Å². The maximum absolute atomic E-state index is 13.6. The number of aromatic nitrogens is 1. The van der Waals surface area contributed by atoms with Gasteiger partial charge in [0.2, 0.25) is 0 Å². The number of aryl methyl sites for hydroxylation is 1. The molecule has 0 aliphatic carbocycles. The highest BCUT2D eigenvalue weighted by molar-refractivity contribution is 5.95. The highest BCUT2D eigenvalue weighted by Crippen LogP contribution is 2.44. The zero-order valence-corrected chi connectivity index (χ0v) is 23.2. The van der Waals surface area contributed by atoms with Gasteiger partial charge in [0.05, 0.1) is 23.8 Å². The summed E-state index contributed by atoms with van der Waals surface area (Å²) < 4.78 is 12.1. The Hall–Kier alpha value is -3.93. The number of hydrogen-bond acceptors (Lipinski definition) is 7. The number of likely N-dealkylation sites (tertiary alicyclic amines) is 1. The van der Waals surface area contributed by atoms with Gasteiger partial charge in [-0.1, -0.05) is 12.1 Å². The third kappa shape index (κ3) is 4.91. The minimum absolute atomic E-state index is 0.0153. The zero-order chi connectivity index (χ0) is 27.7. The van der Waals surface area contributed by atoms with Crippen LogP contribution < -0.4 is 10.2 Å². The van der Waals surface area contributed by atoms with Crippen molar-refractivity contribution in [2.45, 2.75) is 51.0 Å². The molecular weight excluding hydrogens is 502 g/mol. The van der Waals surface area contributed by atoms with Crippen LogP contribution in [-0.4, -0.2) is 49.1 Å². The van der Waals surface area contributed by atoms with Crippen molar-refractivity contribution in [3.63, 3.8) is 0 Å². The number of benzene rings is 2. The number of fused-ring (bicyclic) bond motifs is 2. The second-order valence-corrected chi connectivity index (χ2v) is 11.0. The Morgan fingerprint density at radius 3 is 2.60 bits per heavy atom. The SMILES string of the molecule is COC(Nc1cc(C(=O)N2CCC3(CC2)OCc2cc(C#N)ccc23)ccc1C)c1ccc(N2CCCC2)nc1. The molecule has 1 atom stereocenters. The normalized spacial score (nSPS) is 18.4. The number of nitrogens with zero attached hydrogens (tertiary/aromatic N) is 4. The smallest absolute Gasteiger partial charge is 0.253 e. The molecule has 6 rings (SSSR count). The number of piperidine rings is 1. The number of rotatable bonds is 6. The van der Waals surface area contributed by atoms with Gasteiger partial charge in [-0.05, 0) is 85.7 Å². The van der Waals surface area contributed by atoms with Crippen LogP contribution in [0.2, 0.25) is 0 Å². The van der Waals surface area contributed by atoms with E-state index in [1.807, 2.05) is 54.4 Å². The summed E-state index contributed by atoms with van der Waals surface area (Å²) in [5, 5.41) is 12.7. The van der Waals surface area contributed by atoms with Crippen LogP contribution in [0.5, 0.6) is 0 Å². The molecule has 206 valence electrons. The fraction of sp³-hybridized carbons (Fsp3) is 0.406. The fourth-order valence-corrected chi connectivity index (χ4v) is 6.20. The molecule has 2 aromatic carbocycles. The predicted octanol–water partition coefficient (Wildman–Crippen LogP) is 5.28. The number of methoxy groups -OCH3 is 1. The summed E-state index contributed by atoms with van der Waals surface area (Å²) in [4.78, 5) is 22.5. The summed E-state index contributed by atoms with van der Waals surface area (Å²) in [6, 6.07) is 17.9. The maximum Gasteiger partial charge on any atom is 0.253 e. The second kappa shape index (κ2) is 10.9. The van der Waals surface area contributed by atoms with Crippen LogP contribution in [0, 0.1) is 18.3 Å². The third-order valence-corrected chi connectivity index (χ3v) is 8.60. The van der Waals surface area contributed by atoms with Gasteiger partial charge in [0.25, 0.3) is 5.91 Å². The lowest BCUT2D eigenvalue weighted by Gasteiger charge is -2.39. The quantitative estimate of drug-likeness (QED) is 0.428. The largest absolute Gasteiger partial charge is 0.365 e. The van der Waals surface area contributed by atoms with Crippen LogP contribution >= 0.6 is 0 Å². The minimum Gasteiger partial charge on any atom is -0.365 e. The van der Waals surface area contributed by atoms with E-state index in [-0.39, 0.29) is 17.7 Å². The monoisotopic (exact) mass is 537 g/mol. The number of ether oxygens (including phenoxy) is 2. The number of carbonyl (C=O) groups excluding carboxylic acids is 1. The van der Waals surface area contributed by atoms with Crippen molar-refractivity contribution in [2.75, 3.05) is 43.5 Å². The molecule has 0 saturated carbocycles. The van der Waals surface area contributed by atoms with Gasteiger partial charge in [0.1, 0.15) is 5.82 Å². The average Bonchev–Trinajstić information content (AvgIpc) is 3.66. The summed E-state index contributed by atoms with van der Waals surface area (Å²) in [6.45, 7) is 5.88. The van der Waals surface area contributed by atoms with Crippen LogP contribution in [-0.2, 0) is 21.7 Å². The lowest BCUT2D eigenvalue weighted by Crippen LogP contribution is -2.45. The first-order chi connectivity index (χ1) is 19.5. The van der Waals surface area contributed by atoms with Gasteiger partial charge >= 0.3 is 0 Å². The molecule has 3 aliphatic heterocycles. The van der Waals surface area contributed by atoms with Crippen molar-refractivity contribution in [1.29, 1.82) is 5.26 Å². The molecule has 0 radical (unpaired) electrons. The number of carbonyl (C=O) groups is 1. The molecule has 3 aliphatic rings. The molecule has 40 heavy (non-hydrogen) atoms. The van der Waals surface area contributed by atoms with E-state index in [9.17, 15) is 10.1 Å². The predicted molar refractivity (Wildman–Crippen MR) is 153 cm³/mol. The zero-order valence-electron chi connectivity index (χ0n) is 23.2. The Morgan fingerprint density at radius 1 is 1.10 bits per heavy atom. The van der Waals surface area contributed by atoms with E-state index in [4.69, 9.17) is 9.47 Å². The summed E-state index contributed by atoms with van der Waals surface area (Å²) in [7, 11) is 1.67. The summed E-state index contributed by atoms with van der Waals surface area (Å²) in [6.07, 6.45) is 5.38. The molecular formula is C32H35N5O3. The third-order valence-electron chi connectivity index (χ3n) is 8.60. The van der Waals surface area contributed by atoms with E-state index in [0.29, 0.717) is 30.8 Å². The molecule has 1 aromatic heterocycles. The molecule has 0 bridgehead atoms. The first-order valence-corrected chi connectivity index (χ1v) is 14.1. The highest BCUT2D eigenvalue weighted by Gasteiger charge is 2.43. The Kier molecular flexibility index (Phi) is 7.18. The number of amides is 1. The van der Waals surface area contributed by atoms with E-state index >= 15 is 0 Å². The van der Waals surface area contributed by atoms with Gasteiger partial charge in [-0.3, -0.25) is 4.79 Å². The molecule has 2 saturated heterocycles. The summed E-state index contributed by atoms with van der Waals surface area (Å²) in [5.74, 6) is 1.02. The van der Waals surface area contributed by atoms with Crippen molar-refractivity contribution in [2.24, 2.45) is 0 Å². The molecule has 1 spiro atoms. The van der Waals surface area contributed by atoms with Crippen LogP contribution in [0.4, 0.5) is 11.5 Å². The van der Waals surface area contributed by atoms with Gasteiger partial charge in [-0.15, -0.1) is 0 Å². The molecule has 3 aromatic rings. The van der Waals surface area contributed by atoms with Crippen molar-refractivity contribution < 1.29 is 14.3 Å². The molecule has 1 N–H and O–H groups in total. The van der Waals surface area contributed by atoms with E-state index in [1.54, 1.807) is 7.11 Å². The Labute approximate surface area is 235 Å². The minimum atomic E-state index is -0.389. The topological polar surface area (TPSA) is 90.7 Å². The molecule has 1 unspecified atom stereocenters. The number of nitrogens with one attached hydrogen (secondary N) is 1. The van der Waals surface area contributed by atoms with Crippen molar-refractivity contribution in [3.8, 4) is 6.07 Å². The summed E-state index contributed by atoms with van der Waals surface area (Å²) in [5.41, 5.74) is 6.00. The average molecular weight is 538 g/mol. The van der Waals surface area contributed by atoms with Crippen LogP contribution in [0.25, 0.3) is 0 Å². The van der Waals surface area contributed by atoms with Crippen molar-refractivity contribution in [1.82, 2.24) is 9.88 Å². The lowest BCUT2D eigenvalue weighted by atomic mass is 9.83. The molecule has 8 nitrogen and oxygen atoms in total. The Balaban J connectivity index is 1.13. The number of anilines is 2. The summed E-state index contributed by atoms with van der Waals surface area (Å²) >= 11 is 0. The van der Waals surface area contributed by atoms with E-state index < -0.39 is 0 Å². The lowest BCUT2D eigenvalue weighted by molar-refractivity contribution is -0.0741. The van der Waals surface area contributed by atoms with Crippen molar-refractivity contribution >= 4 is 17.4 Å².